The van der Waals surface area contributed by atoms with E-state index in [1.807, 2.05) is 31.2 Å². The SMILES string of the molecule is Cc1ccc(CCC(=O)Nc2ncccc2C(=O)O)cc1. The number of carbonyl (C=O) groups excluding carboxylic acids is 1. The van der Waals surface area contributed by atoms with Crippen molar-refractivity contribution in [1.82, 2.24) is 4.98 Å². The quantitative estimate of drug-likeness (QED) is 0.884. The number of carboxylic acid groups (broad SMARTS) is 1. The molecule has 2 rings (SSSR count). The number of nitrogens with zero attached hydrogens (tertiary/aromatic N) is 1. The van der Waals surface area contributed by atoms with Gasteiger partial charge in [-0.2, -0.15) is 0 Å². The van der Waals surface area contributed by atoms with Crippen LogP contribution in [-0.4, -0.2) is 22.0 Å². The summed E-state index contributed by atoms with van der Waals surface area (Å²) in [6.07, 6.45) is 2.32. The van der Waals surface area contributed by atoms with Gasteiger partial charge >= 0.3 is 5.97 Å². The van der Waals surface area contributed by atoms with Crippen molar-refractivity contribution in [3.8, 4) is 0 Å². The standard InChI is InChI=1S/C16H16N2O3/c1-11-4-6-12(7-5-11)8-9-14(19)18-15-13(16(20)21)3-2-10-17-15/h2-7,10H,8-9H2,1H3,(H,20,21)(H,17,18,19). The Kier molecular flexibility index (Phi) is 4.66. The second kappa shape index (κ2) is 6.65. The van der Waals surface area contributed by atoms with Gasteiger partial charge in [0.15, 0.2) is 0 Å². The van der Waals surface area contributed by atoms with Crippen molar-refractivity contribution >= 4 is 17.7 Å². The van der Waals surface area contributed by atoms with Gasteiger partial charge in [-0.15, -0.1) is 0 Å². The number of carbonyl (C=O) groups is 2. The molecular weight excluding hydrogens is 268 g/mol. The van der Waals surface area contributed by atoms with E-state index in [-0.39, 0.29) is 23.7 Å². The number of aryl methyl sites for hydroxylation is 2. The molecule has 0 saturated heterocycles. The highest BCUT2D eigenvalue weighted by atomic mass is 16.4. The summed E-state index contributed by atoms with van der Waals surface area (Å²) in [4.78, 5) is 26.8. The van der Waals surface area contributed by atoms with Crippen LogP contribution in [0.2, 0.25) is 0 Å². The van der Waals surface area contributed by atoms with Crippen LogP contribution in [0.3, 0.4) is 0 Å². The molecule has 0 atom stereocenters. The molecule has 0 bridgehead atoms. The van der Waals surface area contributed by atoms with Crippen molar-refractivity contribution in [2.24, 2.45) is 0 Å². The van der Waals surface area contributed by atoms with Crippen molar-refractivity contribution in [3.63, 3.8) is 0 Å². The number of aromatic carboxylic acids is 1. The van der Waals surface area contributed by atoms with Gasteiger partial charge in [0.1, 0.15) is 11.4 Å². The van der Waals surface area contributed by atoms with E-state index in [2.05, 4.69) is 10.3 Å². The Morgan fingerprint density at radius 2 is 1.90 bits per heavy atom. The summed E-state index contributed by atoms with van der Waals surface area (Å²) in [5, 5.41) is 11.6. The van der Waals surface area contributed by atoms with Crippen molar-refractivity contribution in [2.75, 3.05) is 5.32 Å². The van der Waals surface area contributed by atoms with Gasteiger partial charge in [0.25, 0.3) is 0 Å². The molecule has 0 radical (unpaired) electrons. The van der Waals surface area contributed by atoms with Crippen LogP contribution in [0.4, 0.5) is 5.82 Å². The predicted octanol–water partition coefficient (Wildman–Crippen LogP) is 2.66. The second-order valence-corrected chi connectivity index (χ2v) is 4.74. The number of amides is 1. The molecule has 0 aliphatic rings. The zero-order chi connectivity index (χ0) is 15.2. The number of carboxylic acids is 1. The molecule has 108 valence electrons. The molecule has 21 heavy (non-hydrogen) atoms. The van der Waals surface area contributed by atoms with Crippen LogP contribution in [-0.2, 0) is 11.2 Å². The lowest BCUT2D eigenvalue weighted by molar-refractivity contribution is -0.116. The summed E-state index contributed by atoms with van der Waals surface area (Å²) in [6.45, 7) is 2.00. The van der Waals surface area contributed by atoms with E-state index in [0.717, 1.165) is 5.56 Å². The Morgan fingerprint density at radius 1 is 1.19 bits per heavy atom. The van der Waals surface area contributed by atoms with Crippen LogP contribution in [0.1, 0.15) is 27.9 Å². The van der Waals surface area contributed by atoms with E-state index < -0.39 is 5.97 Å². The number of anilines is 1. The first-order valence-corrected chi connectivity index (χ1v) is 6.60. The van der Waals surface area contributed by atoms with Crippen molar-refractivity contribution in [1.29, 1.82) is 0 Å². The molecule has 0 spiro atoms. The summed E-state index contributed by atoms with van der Waals surface area (Å²) in [6, 6.07) is 10.9. The Morgan fingerprint density at radius 3 is 2.57 bits per heavy atom. The molecule has 5 nitrogen and oxygen atoms in total. The minimum absolute atomic E-state index is 0.0128. The van der Waals surface area contributed by atoms with Gasteiger partial charge in [-0.3, -0.25) is 4.79 Å². The second-order valence-electron chi connectivity index (χ2n) is 4.74. The normalized spacial score (nSPS) is 10.1. The van der Waals surface area contributed by atoms with Crippen LogP contribution in [0.15, 0.2) is 42.6 Å². The molecule has 0 fully saturated rings. The molecule has 0 saturated carbocycles. The average Bonchev–Trinajstić information content (AvgIpc) is 2.47. The number of benzene rings is 1. The molecule has 0 aliphatic heterocycles. The van der Waals surface area contributed by atoms with Crippen molar-refractivity contribution in [2.45, 2.75) is 19.8 Å². The molecule has 2 N–H and O–H groups in total. The fraction of sp³-hybridized carbons (Fsp3) is 0.188. The van der Waals surface area contributed by atoms with Crippen LogP contribution in [0.25, 0.3) is 0 Å². The number of aromatic nitrogens is 1. The van der Waals surface area contributed by atoms with E-state index in [9.17, 15) is 9.59 Å². The number of hydrogen-bond donors (Lipinski definition) is 2. The maximum absolute atomic E-state index is 11.9. The number of rotatable bonds is 5. The number of hydrogen-bond acceptors (Lipinski definition) is 3. The van der Waals surface area contributed by atoms with Crippen molar-refractivity contribution < 1.29 is 14.7 Å². The van der Waals surface area contributed by atoms with Gasteiger partial charge in [0.2, 0.25) is 5.91 Å². The zero-order valence-electron chi connectivity index (χ0n) is 11.7. The topological polar surface area (TPSA) is 79.3 Å². The van der Waals surface area contributed by atoms with E-state index in [0.29, 0.717) is 6.42 Å². The largest absolute Gasteiger partial charge is 0.478 e. The number of nitrogens with one attached hydrogen (secondary N) is 1. The highest BCUT2D eigenvalue weighted by Gasteiger charge is 2.13. The Labute approximate surface area is 122 Å². The molecule has 1 aromatic heterocycles. The van der Waals surface area contributed by atoms with Crippen LogP contribution in [0, 0.1) is 6.92 Å². The Balaban J connectivity index is 1.96. The number of pyridine rings is 1. The zero-order valence-corrected chi connectivity index (χ0v) is 11.7. The van der Waals surface area contributed by atoms with E-state index >= 15 is 0 Å². The fourth-order valence-corrected chi connectivity index (χ4v) is 1.88. The average molecular weight is 284 g/mol. The predicted molar refractivity (Wildman–Crippen MR) is 79.3 cm³/mol. The van der Waals surface area contributed by atoms with E-state index in [1.54, 1.807) is 0 Å². The maximum Gasteiger partial charge on any atom is 0.339 e. The van der Waals surface area contributed by atoms with Gasteiger partial charge in [0.05, 0.1) is 0 Å². The lowest BCUT2D eigenvalue weighted by Gasteiger charge is -2.07. The van der Waals surface area contributed by atoms with Crippen LogP contribution >= 0.6 is 0 Å². The third-order valence-corrected chi connectivity index (χ3v) is 3.06. The smallest absolute Gasteiger partial charge is 0.339 e. The first kappa shape index (κ1) is 14.7. The summed E-state index contributed by atoms with van der Waals surface area (Å²) in [5.74, 6) is -1.28. The highest BCUT2D eigenvalue weighted by molar-refractivity contribution is 5.99. The molecule has 1 aromatic carbocycles. The first-order chi connectivity index (χ1) is 10.1. The van der Waals surface area contributed by atoms with Gasteiger partial charge in [-0.05, 0) is 31.0 Å². The van der Waals surface area contributed by atoms with E-state index in [4.69, 9.17) is 5.11 Å². The third-order valence-electron chi connectivity index (χ3n) is 3.06. The molecule has 1 amide bonds. The Bertz CT molecular complexity index is 651. The van der Waals surface area contributed by atoms with Gasteiger partial charge in [-0.1, -0.05) is 29.8 Å². The summed E-state index contributed by atoms with van der Waals surface area (Å²) in [7, 11) is 0. The lowest BCUT2D eigenvalue weighted by atomic mass is 10.1. The maximum atomic E-state index is 11.9. The molecule has 0 aliphatic carbocycles. The summed E-state index contributed by atoms with van der Waals surface area (Å²) in [5.41, 5.74) is 2.22. The monoisotopic (exact) mass is 284 g/mol. The molecule has 0 unspecified atom stereocenters. The van der Waals surface area contributed by atoms with Gasteiger partial charge in [-0.25, -0.2) is 9.78 Å². The van der Waals surface area contributed by atoms with Gasteiger partial charge in [0, 0.05) is 12.6 Å². The van der Waals surface area contributed by atoms with Crippen LogP contribution in [0.5, 0.6) is 0 Å². The first-order valence-electron chi connectivity index (χ1n) is 6.60. The van der Waals surface area contributed by atoms with Gasteiger partial charge < -0.3 is 10.4 Å². The Hall–Kier alpha value is -2.69. The molecule has 2 aromatic rings. The molecular formula is C16H16N2O3. The third kappa shape index (κ3) is 4.14. The van der Waals surface area contributed by atoms with Crippen molar-refractivity contribution in [3.05, 3.63) is 59.3 Å². The lowest BCUT2D eigenvalue weighted by Crippen LogP contribution is -2.16. The minimum Gasteiger partial charge on any atom is -0.478 e. The van der Waals surface area contributed by atoms with E-state index in [1.165, 1.54) is 23.9 Å². The minimum atomic E-state index is -1.11. The summed E-state index contributed by atoms with van der Waals surface area (Å²) < 4.78 is 0. The summed E-state index contributed by atoms with van der Waals surface area (Å²) >= 11 is 0. The highest BCUT2D eigenvalue weighted by Crippen LogP contribution is 2.12. The fourth-order valence-electron chi connectivity index (χ4n) is 1.88. The van der Waals surface area contributed by atoms with Crippen LogP contribution < -0.4 is 5.32 Å². The molecule has 5 heteroatoms. The molecule has 1 heterocycles.